The minimum atomic E-state index is -1.32. The fourth-order valence-corrected chi connectivity index (χ4v) is 8.16. The standard InChI is InChI=1S/C49H33NO/c1-4-17-34(18-5-1)38-23-11-14-28-45(38)50(36-21-8-3-9-22-36)37-31-32-43-41(33-37)39-24-10-13-26-42(39)49(43,35-19-6-2-7-20-35)44-27-16-30-47-48(44)40-25-12-15-29-46(40)51-47/h1-33H/i2D,6D,7D,19D,20D. The molecule has 0 N–H and O–H groups in total. The van der Waals surface area contributed by atoms with Gasteiger partial charge in [0.05, 0.1) is 18.0 Å². The van der Waals surface area contributed by atoms with Crippen LogP contribution in [-0.4, -0.2) is 0 Å². The predicted octanol–water partition coefficient (Wildman–Crippen LogP) is 13.1. The van der Waals surface area contributed by atoms with Crippen molar-refractivity contribution in [2.75, 3.05) is 4.90 Å². The lowest BCUT2D eigenvalue weighted by atomic mass is 9.66. The molecule has 1 aliphatic carbocycles. The van der Waals surface area contributed by atoms with E-state index >= 15 is 0 Å². The van der Waals surface area contributed by atoms with Crippen LogP contribution in [0.5, 0.6) is 0 Å². The van der Waals surface area contributed by atoms with Crippen molar-refractivity contribution in [3.05, 3.63) is 222 Å². The number of hydrogen-bond acceptors (Lipinski definition) is 2. The summed E-state index contributed by atoms with van der Waals surface area (Å²) in [5, 5.41) is 1.73. The fourth-order valence-electron chi connectivity index (χ4n) is 8.16. The molecule has 0 amide bonds. The summed E-state index contributed by atoms with van der Waals surface area (Å²) >= 11 is 0. The Labute approximate surface area is 304 Å². The Morgan fingerprint density at radius 1 is 0.471 bits per heavy atom. The molecule has 0 aliphatic heterocycles. The van der Waals surface area contributed by atoms with E-state index < -0.39 is 11.5 Å². The molecule has 0 saturated carbocycles. The van der Waals surface area contributed by atoms with Crippen LogP contribution in [0.15, 0.2) is 204 Å². The Balaban J connectivity index is 1.33. The first-order valence-electron chi connectivity index (χ1n) is 19.6. The third-order valence-electron chi connectivity index (χ3n) is 10.2. The van der Waals surface area contributed by atoms with Gasteiger partial charge in [0, 0.05) is 27.7 Å². The summed E-state index contributed by atoms with van der Waals surface area (Å²) in [6.07, 6.45) is 0. The molecule has 2 heteroatoms. The monoisotopic (exact) mass is 656 g/mol. The fraction of sp³-hybridized carbons (Fsp3) is 0.0204. The summed E-state index contributed by atoms with van der Waals surface area (Å²) in [5.74, 6) is 0. The molecule has 0 spiro atoms. The van der Waals surface area contributed by atoms with Gasteiger partial charge in [-0.05, 0) is 81.4 Å². The highest BCUT2D eigenvalue weighted by Crippen LogP contribution is 2.59. The van der Waals surface area contributed by atoms with Gasteiger partial charge in [-0.15, -0.1) is 0 Å². The van der Waals surface area contributed by atoms with Gasteiger partial charge in [0.15, 0.2) is 0 Å². The molecule has 0 fully saturated rings. The Morgan fingerprint density at radius 2 is 1.12 bits per heavy atom. The summed E-state index contributed by atoms with van der Waals surface area (Å²) in [5.41, 5.74) is 9.59. The first-order valence-corrected chi connectivity index (χ1v) is 17.1. The van der Waals surface area contributed by atoms with E-state index in [0.29, 0.717) is 11.2 Å². The Bertz CT molecular complexity index is 2970. The van der Waals surface area contributed by atoms with Crippen molar-refractivity contribution in [3.63, 3.8) is 0 Å². The predicted molar refractivity (Wildman–Crippen MR) is 211 cm³/mol. The molecule has 9 aromatic rings. The highest BCUT2D eigenvalue weighted by atomic mass is 16.3. The van der Waals surface area contributed by atoms with Crippen molar-refractivity contribution in [1.29, 1.82) is 0 Å². The molecular formula is C49H33NO. The van der Waals surface area contributed by atoms with Gasteiger partial charge in [0.25, 0.3) is 0 Å². The number of furan rings is 1. The summed E-state index contributed by atoms with van der Waals surface area (Å²) in [7, 11) is 0. The van der Waals surface area contributed by atoms with Crippen molar-refractivity contribution < 1.29 is 11.3 Å². The third-order valence-corrected chi connectivity index (χ3v) is 10.2. The average Bonchev–Trinajstić information content (AvgIpc) is 3.77. The van der Waals surface area contributed by atoms with Crippen LogP contribution in [0.4, 0.5) is 17.1 Å². The zero-order valence-electron chi connectivity index (χ0n) is 32.5. The van der Waals surface area contributed by atoms with Gasteiger partial charge >= 0.3 is 0 Å². The highest BCUT2D eigenvalue weighted by molar-refractivity contribution is 6.09. The van der Waals surface area contributed by atoms with Crippen molar-refractivity contribution in [1.82, 2.24) is 0 Å². The molecular weight excluding hydrogens is 619 g/mol. The van der Waals surface area contributed by atoms with Gasteiger partial charge in [0.2, 0.25) is 0 Å². The van der Waals surface area contributed by atoms with E-state index in [1.165, 1.54) is 0 Å². The summed E-state index contributed by atoms with van der Waals surface area (Å²) in [4.78, 5) is 2.26. The number of fused-ring (bicyclic) bond motifs is 6. The Hall–Kier alpha value is -6.64. The molecule has 10 rings (SSSR count). The molecule has 0 radical (unpaired) electrons. The van der Waals surface area contributed by atoms with Gasteiger partial charge in [-0.2, -0.15) is 0 Å². The lowest BCUT2D eigenvalue weighted by molar-refractivity contribution is 0.667. The van der Waals surface area contributed by atoms with Gasteiger partial charge in [-0.25, -0.2) is 0 Å². The minimum absolute atomic E-state index is 0.203. The van der Waals surface area contributed by atoms with Crippen LogP contribution in [0.25, 0.3) is 44.2 Å². The topological polar surface area (TPSA) is 16.4 Å². The number of rotatable bonds is 6. The second-order valence-corrected chi connectivity index (χ2v) is 12.9. The summed E-state index contributed by atoms with van der Waals surface area (Å²) in [6.45, 7) is 0. The molecule has 1 atom stereocenters. The zero-order chi connectivity index (χ0) is 38.1. The first kappa shape index (κ1) is 24.5. The number of benzene rings is 8. The van der Waals surface area contributed by atoms with Crippen LogP contribution in [-0.2, 0) is 5.41 Å². The van der Waals surface area contributed by atoms with Crippen LogP contribution >= 0.6 is 0 Å². The molecule has 0 bridgehead atoms. The first-order chi connectivity index (χ1) is 27.4. The van der Waals surface area contributed by atoms with E-state index in [1.54, 1.807) is 0 Å². The van der Waals surface area contributed by atoms with E-state index in [1.807, 2.05) is 97.1 Å². The Morgan fingerprint density at radius 3 is 1.96 bits per heavy atom. The number of hydrogen-bond donors (Lipinski definition) is 0. The largest absolute Gasteiger partial charge is 0.456 e. The SMILES string of the molecule is [2H]c1c([2H])c([2H])c(C2(c3cccc4oc5ccccc5c34)c3ccccc3-c3cc(N(c4ccccc4)c4ccccc4-c4ccccc4)ccc32)c([2H])c1[2H]. The molecule has 1 unspecified atom stereocenters. The van der Waals surface area contributed by atoms with Gasteiger partial charge in [-0.1, -0.05) is 158 Å². The maximum atomic E-state index is 9.53. The molecule has 1 aromatic heterocycles. The van der Waals surface area contributed by atoms with E-state index in [9.17, 15) is 2.74 Å². The normalized spacial score (nSPS) is 16.1. The summed E-state index contributed by atoms with van der Waals surface area (Å²) in [6, 6.07) is 55.6. The van der Waals surface area contributed by atoms with Crippen molar-refractivity contribution in [2.24, 2.45) is 0 Å². The van der Waals surface area contributed by atoms with Crippen LogP contribution in [0.2, 0.25) is 0 Å². The molecule has 0 saturated heterocycles. The third kappa shape index (κ3) is 4.43. The van der Waals surface area contributed by atoms with Gasteiger partial charge < -0.3 is 9.32 Å². The van der Waals surface area contributed by atoms with E-state index in [4.69, 9.17) is 8.53 Å². The summed E-state index contributed by atoms with van der Waals surface area (Å²) < 4.78 is 51.9. The lowest BCUT2D eigenvalue weighted by Gasteiger charge is -2.35. The number of anilines is 3. The average molecular weight is 657 g/mol. The van der Waals surface area contributed by atoms with Crippen LogP contribution in [0, 0.1) is 0 Å². The number of nitrogens with zero attached hydrogens (tertiary/aromatic N) is 1. The highest BCUT2D eigenvalue weighted by Gasteiger charge is 2.47. The zero-order valence-corrected chi connectivity index (χ0v) is 27.5. The van der Waals surface area contributed by atoms with Gasteiger partial charge in [-0.3, -0.25) is 0 Å². The van der Waals surface area contributed by atoms with Crippen LogP contribution < -0.4 is 4.90 Å². The van der Waals surface area contributed by atoms with E-state index in [-0.39, 0.29) is 29.7 Å². The lowest BCUT2D eigenvalue weighted by Crippen LogP contribution is -2.28. The second-order valence-electron chi connectivity index (χ2n) is 12.9. The second kappa shape index (κ2) is 11.8. The van der Waals surface area contributed by atoms with Crippen LogP contribution in [0.3, 0.4) is 0 Å². The van der Waals surface area contributed by atoms with Crippen LogP contribution in [0.1, 0.15) is 29.1 Å². The van der Waals surface area contributed by atoms with E-state index in [2.05, 4.69) is 77.7 Å². The number of para-hydroxylation sites is 3. The minimum Gasteiger partial charge on any atom is -0.456 e. The maximum Gasteiger partial charge on any atom is 0.135 e. The molecule has 240 valence electrons. The van der Waals surface area contributed by atoms with E-state index in [0.717, 1.165) is 66.8 Å². The van der Waals surface area contributed by atoms with Crippen molar-refractivity contribution in [3.8, 4) is 22.3 Å². The van der Waals surface area contributed by atoms with Crippen molar-refractivity contribution in [2.45, 2.75) is 5.41 Å². The molecule has 51 heavy (non-hydrogen) atoms. The quantitative estimate of drug-likeness (QED) is 0.177. The molecule has 8 aromatic carbocycles. The van der Waals surface area contributed by atoms with Gasteiger partial charge in [0.1, 0.15) is 11.2 Å². The Kier molecular flexibility index (Phi) is 5.64. The molecule has 1 heterocycles. The van der Waals surface area contributed by atoms with Crippen molar-refractivity contribution >= 4 is 39.0 Å². The smallest absolute Gasteiger partial charge is 0.135 e. The molecule has 2 nitrogen and oxygen atoms in total. The maximum absolute atomic E-state index is 9.53. The molecule has 1 aliphatic rings.